The number of rotatable bonds is 9. The van der Waals surface area contributed by atoms with Crippen molar-refractivity contribution in [2.24, 2.45) is 0 Å². The number of aliphatic hydroxyl groups is 1. The molecule has 1 aromatic carbocycles. The molecule has 6 heteroatoms. The molecule has 0 aliphatic carbocycles. The lowest BCUT2D eigenvalue weighted by atomic mass is 10.2. The van der Waals surface area contributed by atoms with E-state index in [4.69, 9.17) is 9.47 Å². The summed E-state index contributed by atoms with van der Waals surface area (Å²) in [7, 11) is 0. The monoisotopic (exact) mass is 359 g/mol. The van der Waals surface area contributed by atoms with E-state index in [1.807, 2.05) is 6.92 Å². The third kappa shape index (κ3) is 5.93. The average molecular weight is 360 g/mol. The Labute approximate surface area is 133 Å². The van der Waals surface area contributed by atoms with Crippen molar-refractivity contribution < 1.29 is 19.4 Å². The summed E-state index contributed by atoms with van der Waals surface area (Å²) in [4.78, 5) is 11.7. The number of hydrogen-bond acceptors (Lipinski definition) is 4. The van der Waals surface area contributed by atoms with E-state index in [9.17, 15) is 9.90 Å². The van der Waals surface area contributed by atoms with Crippen LogP contribution in [-0.2, 0) is 11.4 Å². The van der Waals surface area contributed by atoms with Crippen LogP contribution in [0.1, 0.15) is 32.3 Å². The summed E-state index contributed by atoms with van der Waals surface area (Å²) in [6.45, 7) is 4.90. The Hall–Kier alpha value is -1.27. The summed E-state index contributed by atoms with van der Waals surface area (Å²) in [5.41, 5.74) is 0.713. The van der Waals surface area contributed by atoms with Crippen molar-refractivity contribution in [1.82, 2.24) is 5.32 Å². The lowest BCUT2D eigenvalue weighted by Crippen LogP contribution is -2.29. The number of ether oxygens (including phenoxy) is 2. The Morgan fingerprint density at radius 2 is 2.10 bits per heavy atom. The summed E-state index contributed by atoms with van der Waals surface area (Å²) in [5, 5.41) is 12.0. The molecule has 2 N–H and O–H groups in total. The minimum atomic E-state index is -0.163. The third-order valence-corrected chi connectivity index (χ3v) is 3.34. The van der Waals surface area contributed by atoms with E-state index in [1.165, 1.54) is 0 Å². The van der Waals surface area contributed by atoms with E-state index >= 15 is 0 Å². The predicted octanol–water partition coefficient (Wildman–Crippen LogP) is 2.64. The number of nitrogens with one attached hydrogen (secondary N) is 1. The first-order valence-electron chi connectivity index (χ1n) is 7.07. The molecular weight excluding hydrogens is 338 g/mol. The molecule has 0 saturated heterocycles. The molecule has 0 aliphatic rings. The zero-order chi connectivity index (χ0) is 15.7. The minimum Gasteiger partial charge on any atom is -0.490 e. The Bertz CT molecular complexity index is 465. The van der Waals surface area contributed by atoms with Gasteiger partial charge in [-0.3, -0.25) is 4.79 Å². The molecule has 0 spiro atoms. The molecule has 1 aromatic rings. The van der Waals surface area contributed by atoms with Gasteiger partial charge in [-0.05, 0) is 47.0 Å². The second-order valence-electron chi connectivity index (χ2n) is 4.49. The second kappa shape index (κ2) is 9.63. The molecular formula is C15H22BrNO4. The van der Waals surface area contributed by atoms with E-state index in [2.05, 4.69) is 28.2 Å². The van der Waals surface area contributed by atoms with E-state index in [0.717, 1.165) is 12.8 Å². The van der Waals surface area contributed by atoms with E-state index in [-0.39, 0.29) is 19.1 Å². The molecule has 0 radical (unpaired) electrons. The van der Waals surface area contributed by atoms with Crippen LogP contribution in [0.15, 0.2) is 16.6 Å². The van der Waals surface area contributed by atoms with Crippen LogP contribution in [0.2, 0.25) is 0 Å². The summed E-state index contributed by atoms with van der Waals surface area (Å²) in [6, 6.07) is 3.45. The van der Waals surface area contributed by atoms with Crippen molar-refractivity contribution in [2.45, 2.75) is 33.3 Å². The lowest BCUT2D eigenvalue weighted by Gasteiger charge is -2.15. The summed E-state index contributed by atoms with van der Waals surface area (Å²) in [5.74, 6) is 0.820. The summed E-state index contributed by atoms with van der Waals surface area (Å²) in [6.07, 6.45) is 1.98. The predicted molar refractivity (Wildman–Crippen MR) is 84.6 cm³/mol. The summed E-state index contributed by atoms with van der Waals surface area (Å²) < 4.78 is 11.7. The van der Waals surface area contributed by atoms with Crippen LogP contribution in [0, 0.1) is 0 Å². The van der Waals surface area contributed by atoms with Gasteiger partial charge >= 0.3 is 0 Å². The number of carbonyl (C=O) groups excluding carboxylic acids is 1. The Balaban J connectivity index is 2.70. The SMILES string of the molecule is CCCCNC(=O)COc1c(Br)cc(CO)cc1OCC. The van der Waals surface area contributed by atoms with Gasteiger partial charge in [0.2, 0.25) is 0 Å². The van der Waals surface area contributed by atoms with Crippen LogP contribution in [0.5, 0.6) is 11.5 Å². The van der Waals surface area contributed by atoms with E-state index < -0.39 is 0 Å². The smallest absolute Gasteiger partial charge is 0.257 e. The largest absolute Gasteiger partial charge is 0.490 e. The van der Waals surface area contributed by atoms with Crippen LogP contribution < -0.4 is 14.8 Å². The van der Waals surface area contributed by atoms with Crippen molar-refractivity contribution in [3.8, 4) is 11.5 Å². The topological polar surface area (TPSA) is 67.8 Å². The maximum atomic E-state index is 11.7. The van der Waals surface area contributed by atoms with Crippen molar-refractivity contribution >= 4 is 21.8 Å². The maximum absolute atomic E-state index is 11.7. The Morgan fingerprint density at radius 1 is 1.33 bits per heavy atom. The molecule has 5 nitrogen and oxygen atoms in total. The first-order valence-corrected chi connectivity index (χ1v) is 7.87. The van der Waals surface area contributed by atoms with Gasteiger partial charge in [0.05, 0.1) is 17.7 Å². The molecule has 1 amide bonds. The van der Waals surface area contributed by atoms with E-state index in [0.29, 0.717) is 34.7 Å². The lowest BCUT2D eigenvalue weighted by molar-refractivity contribution is -0.123. The van der Waals surface area contributed by atoms with Crippen molar-refractivity contribution in [2.75, 3.05) is 19.8 Å². The average Bonchev–Trinajstić information content (AvgIpc) is 2.46. The summed E-state index contributed by atoms with van der Waals surface area (Å²) >= 11 is 3.37. The van der Waals surface area contributed by atoms with Crippen LogP contribution >= 0.6 is 15.9 Å². The van der Waals surface area contributed by atoms with Gasteiger partial charge in [0.15, 0.2) is 18.1 Å². The molecule has 118 valence electrons. The molecule has 0 saturated carbocycles. The fraction of sp³-hybridized carbons (Fsp3) is 0.533. The number of hydrogen-bond donors (Lipinski definition) is 2. The van der Waals surface area contributed by atoms with Gasteiger partial charge in [0, 0.05) is 6.54 Å². The van der Waals surface area contributed by atoms with Gasteiger partial charge < -0.3 is 19.9 Å². The van der Waals surface area contributed by atoms with Crippen LogP contribution in [0.25, 0.3) is 0 Å². The first-order chi connectivity index (χ1) is 10.1. The zero-order valence-electron chi connectivity index (χ0n) is 12.4. The van der Waals surface area contributed by atoms with Crippen LogP contribution in [0.4, 0.5) is 0 Å². The quantitative estimate of drug-likeness (QED) is 0.665. The first kappa shape index (κ1) is 17.8. The van der Waals surface area contributed by atoms with Gasteiger partial charge in [0.25, 0.3) is 5.91 Å². The van der Waals surface area contributed by atoms with Crippen molar-refractivity contribution in [1.29, 1.82) is 0 Å². The number of amides is 1. The molecule has 0 fully saturated rings. The molecule has 0 unspecified atom stereocenters. The second-order valence-corrected chi connectivity index (χ2v) is 5.34. The van der Waals surface area contributed by atoms with Crippen LogP contribution in [0.3, 0.4) is 0 Å². The Kier molecular flexibility index (Phi) is 8.15. The molecule has 21 heavy (non-hydrogen) atoms. The van der Waals surface area contributed by atoms with E-state index in [1.54, 1.807) is 12.1 Å². The van der Waals surface area contributed by atoms with Gasteiger partial charge in [-0.15, -0.1) is 0 Å². The van der Waals surface area contributed by atoms with Gasteiger partial charge in [-0.25, -0.2) is 0 Å². The van der Waals surface area contributed by atoms with Crippen molar-refractivity contribution in [3.05, 3.63) is 22.2 Å². The number of halogens is 1. The molecule has 0 atom stereocenters. The molecule has 0 aromatic heterocycles. The standard InChI is InChI=1S/C15H22BrNO4/c1-3-5-6-17-14(19)10-21-15-12(16)7-11(9-18)8-13(15)20-4-2/h7-8,18H,3-6,9-10H2,1-2H3,(H,17,19). The van der Waals surface area contributed by atoms with Crippen molar-refractivity contribution in [3.63, 3.8) is 0 Å². The molecule has 0 bridgehead atoms. The highest BCUT2D eigenvalue weighted by atomic mass is 79.9. The highest BCUT2D eigenvalue weighted by Crippen LogP contribution is 2.36. The number of benzene rings is 1. The highest BCUT2D eigenvalue weighted by Gasteiger charge is 2.13. The molecule has 1 rings (SSSR count). The number of unbranched alkanes of at least 4 members (excludes halogenated alkanes) is 1. The van der Waals surface area contributed by atoms with Crippen LogP contribution in [-0.4, -0.2) is 30.8 Å². The maximum Gasteiger partial charge on any atom is 0.257 e. The number of aliphatic hydroxyl groups excluding tert-OH is 1. The van der Waals surface area contributed by atoms with Gasteiger partial charge in [0.1, 0.15) is 0 Å². The zero-order valence-corrected chi connectivity index (χ0v) is 14.0. The third-order valence-electron chi connectivity index (χ3n) is 2.75. The number of carbonyl (C=O) groups is 1. The van der Waals surface area contributed by atoms with Gasteiger partial charge in [-0.1, -0.05) is 13.3 Å². The molecule has 0 aliphatic heterocycles. The molecule has 0 heterocycles. The fourth-order valence-electron chi connectivity index (χ4n) is 1.71. The van der Waals surface area contributed by atoms with Gasteiger partial charge in [-0.2, -0.15) is 0 Å². The normalized spacial score (nSPS) is 10.3. The highest BCUT2D eigenvalue weighted by molar-refractivity contribution is 9.10. The fourth-order valence-corrected chi connectivity index (χ4v) is 2.31. The Morgan fingerprint density at radius 3 is 2.71 bits per heavy atom. The minimum absolute atomic E-state index is 0.0686.